The van der Waals surface area contributed by atoms with Gasteiger partial charge in [-0.25, -0.2) is 9.37 Å². The number of benzene rings is 1. The van der Waals surface area contributed by atoms with Gasteiger partial charge in [0.2, 0.25) is 5.76 Å². The fraction of sp³-hybridized carbons (Fsp3) is 0.500. The minimum Gasteiger partial charge on any atom is -0.487 e. The highest BCUT2D eigenvalue weighted by Crippen LogP contribution is 2.31. The molecule has 1 amide bonds. The van der Waals surface area contributed by atoms with Gasteiger partial charge >= 0.3 is 0 Å². The molecule has 2 aromatic rings. The largest absolute Gasteiger partial charge is 0.487 e. The van der Waals surface area contributed by atoms with Crippen molar-refractivity contribution in [3.63, 3.8) is 0 Å². The highest BCUT2D eigenvalue weighted by Gasteiger charge is 2.48. The number of oxazole rings is 1. The van der Waals surface area contributed by atoms with Crippen molar-refractivity contribution in [2.75, 3.05) is 13.1 Å². The second kappa shape index (κ2) is 8.48. The zero-order valence-corrected chi connectivity index (χ0v) is 15.8. The molecule has 4 atom stereocenters. The van der Waals surface area contributed by atoms with Crippen LogP contribution in [0.4, 0.5) is 4.39 Å². The second-order valence-corrected chi connectivity index (χ2v) is 7.54. The SMILES string of the molecule is O=C(N[C@@H]1C[C@@H](Oc2cccc(F)c2)[C@H](O)[C@H]1N1CCC(O)CC1)c1cnco1. The number of aliphatic hydroxyl groups excluding tert-OH is 2. The molecule has 9 heteroatoms. The molecule has 2 aliphatic rings. The predicted octanol–water partition coefficient (Wildman–Crippen LogP) is 0.950. The molecule has 0 radical (unpaired) electrons. The smallest absolute Gasteiger partial charge is 0.288 e. The summed E-state index contributed by atoms with van der Waals surface area (Å²) in [6, 6.07) is 4.95. The molecule has 1 aromatic heterocycles. The fourth-order valence-corrected chi connectivity index (χ4v) is 4.19. The average Bonchev–Trinajstić information content (AvgIpc) is 3.32. The van der Waals surface area contributed by atoms with Crippen molar-refractivity contribution in [2.45, 2.75) is 49.7 Å². The first kappa shape index (κ1) is 19.8. The standard InChI is InChI=1S/C20H24FN3O5/c21-12-2-1-3-14(8-12)29-16-9-15(23-20(27)17-10-22-11-28-17)18(19(16)26)24-6-4-13(25)5-7-24/h1-3,8,10-11,13,15-16,18-19,25-26H,4-7,9H2,(H,23,27)/t15-,16-,18+,19+/m1/s1. The summed E-state index contributed by atoms with van der Waals surface area (Å²) in [6.07, 6.45) is 2.18. The third-order valence-electron chi connectivity index (χ3n) is 5.61. The number of carbonyl (C=O) groups excluding carboxylic acids is 1. The molecule has 0 unspecified atom stereocenters. The summed E-state index contributed by atoms with van der Waals surface area (Å²) < 4.78 is 24.4. The van der Waals surface area contributed by atoms with Crippen LogP contribution in [0.2, 0.25) is 0 Å². The number of aliphatic hydroxyl groups is 2. The molecule has 3 N–H and O–H groups in total. The summed E-state index contributed by atoms with van der Waals surface area (Å²) in [6.45, 7) is 1.20. The van der Waals surface area contributed by atoms with Crippen LogP contribution in [0.15, 0.2) is 41.3 Å². The Morgan fingerprint density at radius 1 is 1.31 bits per heavy atom. The molecule has 1 aliphatic carbocycles. The zero-order valence-electron chi connectivity index (χ0n) is 15.8. The van der Waals surface area contributed by atoms with Gasteiger partial charge in [0.15, 0.2) is 6.39 Å². The summed E-state index contributed by atoms with van der Waals surface area (Å²) in [5.41, 5.74) is 0. The van der Waals surface area contributed by atoms with Gasteiger partial charge in [-0.2, -0.15) is 0 Å². The number of rotatable bonds is 5. The highest BCUT2D eigenvalue weighted by molar-refractivity contribution is 5.91. The molecule has 1 aromatic carbocycles. The molecule has 156 valence electrons. The van der Waals surface area contributed by atoms with Crippen LogP contribution in [0.25, 0.3) is 0 Å². The van der Waals surface area contributed by atoms with Crippen LogP contribution in [0.1, 0.15) is 29.8 Å². The van der Waals surface area contributed by atoms with E-state index in [2.05, 4.69) is 15.2 Å². The minimum atomic E-state index is -0.895. The van der Waals surface area contributed by atoms with Crippen molar-refractivity contribution in [3.8, 4) is 5.75 Å². The van der Waals surface area contributed by atoms with Crippen molar-refractivity contribution in [1.29, 1.82) is 0 Å². The Morgan fingerprint density at radius 3 is 2.79 bits per heavy atom. The molecule has 2 fully saturated rings. The molecule has 8 nitrogen and oxygen atoms in total. The van der Waals surface area contributed by atoms with Gasteiger partial charge in [-0.05, 0) is 25.0 Å². The summed E-state index contributed by atoms with van der Waals surface area (Å²) >= 11 is 0. The van der Waals surface area contributed by atoms with E-state index in [4.69, 9.17) is 9.15 Å². The monoisotopic (exact) mass is 405 g/mol. The summed E-state index contributed by atoms with van der Waals surface area (Å²) in [5, 5.41) is 23.7. The number of aromatic nitrogens is 1. The Labute approximate surface area is 167 Å². The Kier molecular flexibility index (Phi) is 5.79. The first-order chi connectivity index (χ1) is 14.0. The fourth-order valence-electron chi connectivity index (χ4n) is 4.19. The van der Waals surface area contributed by atoms with Crippen LogP contribution >= 0.6 is 0 Å². The van der Waals surface area contributed by atoms with Crippen LogP contribution in [0, 0.1) is 5.82 Å². The van der Waals surface area contributed by atoms with E-state index in [1.807, 2.05) is 0 Å². The van der Waals surface area contributed by atoms with Gasteiger partial charge in [-0.3, -0.25) is 9.69 Å². The number of nitrogens with one attached hydrogen (secondary N) is 1. The van der Waals surface area contributed by atoms with E-state index in [1.54, 1.807) is 12.1 Å². The highest BCUT2D eigenvalue weighted by atomic mass is 19.1. The Bertz CT molecular complexity index is 825. The van der Waals surface area contributed by atoms with Crippen LogP contribution < -0.4 is 10.1 Å². The Balaban J connectivity index is 1.52. The number of halogens is 1. The molecule has 0 bridgehead atoms. The summed E-state index contributed by atoms with van der Waals surface area (Å²) in [4.78, 5) is 18.3. The van der Waals surface area contributed by atoms with Crippen LogP contribution in [-0.4, -0.2) is 69.5 Å². The van der Waals surface area contributed by atoms with Crippen molar-refractivity contribution >= 4 is 5.91 Å². The lowest BCUT2D eigenvalue weighted by Crippen LogP contribution is -2.55. The maximum Gasteiger partial charge on any atom is 0.288 e. The molecular weight excluding hydrogens is 381 g/mol. The van der Waals surface area contributed by atoms with Gasteiger partial charge in [-0.1, -0.05) is 6.07 Å². The number of ether oxygens (including phenoxy) is 1. The number of nitrogens with zero attached hydrogens (tertiary/aromatic N) is 2. The predicted molar refractivity (Wildman–Crippen MR) is 99.8 cm³/mol. The number of hydrogen-bond donors (Lipinski definition) is 3. The lowest BCUT2D eigenvalue weighted by molar-refractivity contribution is -0.0146. The number of likely N-dealkylation sites (tertiary alicyclic amines) is 1. The van der Waals surface area contributed by atoms with E-state index < -0.39 is 36.0 Å². The minimum absolute atomic E-state index is 0.0850. The van der Waals surface area contributed by atoms with Gasteiger partial charge in [-0.15, -0.1) is 0 Å². The lowest BCUT2D eigenvalue weighted by atomic mass is 10.0. The normalized spacial score (nSPS) is 28.4. The van der Waals surface area contributed by atoms with Gasteiger partial charge < -0.3 is 24.7 Å². The molecule has 29 heavy (non-hydrogen) atoms. The van der Waals surface area contributed by atoms with E-state index in [0.29, 0.717) is 38.1 Å². The first-order valence-corrected chi connectivity index (χ1v) is 9.73. The topological polar surface area (TPSA) is 108 Å². The molecule has 2 heterocycles. The lowest BCUT2D eigenvalue weighted by Gasteiger charge is -2.38. The van der Waals surface area contributed by atoms with E-state index in [0.717, 1.165) is 0 Å². The van der Waals surface area contributed by atoms with Crippen LogP contribution in [0.5, 0.6) is 5.75 Å². The summed E-state index contributed by atoms with van der Waals surface area (Å²) in [5.74, 6) is -0.439. The molecule has 0 spiro atoms. The Morgan fingerprint density at radius 2 is 2.10 bits per heavy atom. The van der Waals surface area contributed by atoms with Gasteiger partial charge in [0.05, 0.1) is 24.4 Å². The number of amides is 1. The molecule has 1 saturated heterocycles. The maximum absolute atomic E-state index is 13.5. The first-order valence-electron chi connectivity index (χ1n) is 9.73. The van der Waals surface area contributed by atoms with E-state index in [1.165, 1.54) is 24.7 Å². The van der Waals surface area contributed by atoms with Crippen LogP contribution in [0.3, 0.4) is 0 Å². The van der Waals surface area contributed by atoms with E-state index >= 15 is 0 Å². The molecule has 4 rings (SSSR count). The van der Waals surface area contributed by atoms with Crippen molar-refractivity contribution in [2.24, 2.45) is 0 Å². The van der Waals surface area contributed by atoms with Gasteiger partial charge in [0.1, 0.15) is 23.8 Å². The number of piperidine rings is 1. The molecular formula is C20H24FN3O5. The molecule has 1 saturated carbocycles. The van der Waals surface area contributed by atoms with Crippen molar-refractivity contribution in [3.05, 3.63) is 48.4 Å². The third-order valence-corrected chi connectivity index (χ3v) is 5.61. The van der Waals surface area contributed by atoms with Crippen molar-refractivity contribution in [1.82, 2.24) is 15.2 Å². The van der Waals surface area contributed by atoms with Gasteiger partial charge in [0.25, 0.3) is 5.91 Å². The zero-order chi connectivity index (χ0) is 20.4. The Hall–Kier alpha value is -2.49. The maximum atomic E-state index is 13.5. The van der Waals surface area contributed by atoms with Gasteiger partial charge in [0, 0.05) is 25.6 Å². The number of hydrogen-bond acceptors (Lipinski definition) is 7. The van der Waals surface area contributed by atoms with Crippen molar-refractivity contribution < 1.29 is 28.6 Å². The second-order valence-electron chi connectivity index (χ2n) is 7.54. The number of carbonyl (C=O) groups is 1. The average molecular weight is 405 g/mol. The summed E-state index contributed by atoms with van der Waals surface area (Å²) in [7, 11) is 0. The third kappa shape index (κ3) is 4.42. The van der Waals surface area contributed by atoms with Crippen LogP contribution in [-0.2, 0) is 0 Å². The van der Waals surface area contributed by atoms with E-state index in [9.17, 15) is 19.4 Å². The van der Waals surface area contributed by atoms with E-state index in [-0.39, 0.29) is 11.9 Å². The quantitative estimate of drug-likeness (QED) is 0.680. The molecule has 1 aliphatic heterocycles.